The van der Waals surface area contributed by atoms with Crippen LogP contribution in [-0.2, 0) is 4.79 Å². The lowest BCUT2D eigenvalue weighted by molar-refractivity contribution is -0.131. The van der Waals surface area contributed by atoms with E-state index in [9.17, 15) is 4.79 Å². The first-order chi connectivity index (χ1) is 7.15. The van der Waals surface area contributed by atoms with Gasteiger partial charge in [-0.25, -0.2) is 9.78 Å². The molecule has 0 aliphatic carbocycles. The molecule has 1 aromatic carbocycles. The van der Waals surface area contributed by atoms with Gasteiger partial charge in [0.1, 0.15) is 5.52 Å². The Labute approximate surface area is 93.4 Å². The summed E-state index contributed by atoms with van der Waals surface area (Å²) in [5, 5.41) is 8.46. The number of nitrogens with zero attached hydrogens (tertiary/aromatic N) is 1. The predicted molar refractivity (Wildman–Crippen MR) is 58.4 cm³/mol. The van der Waals surface area contributed by atoms with Gasteiger partial charge in [0.15, 0.2) is 5.58 Å². The van der Waals surface area contributed by atoms with Gasteiger partial charge in [-0.05, 0) is 23.8 Å². The summed E-state index contributed by atoms with van der Waals surface area (Å²) in [6.45, 7) is 0. The molecule has 0 radical (unpaired) electrons. The number of carboxylic acid groups (broad SMARTS) is 1. The Morgan fingerprint density at radius 2 is 2.33 bits per heavy atom. The molecule has 0 atom stereocenters. The SMILES string of the molecule is O=C(O)/C=C/c1ccc2nc(Br)oc2c1. The van der Waals surface area contributed by atoms with Crippen LogP contribution in [0.1, 0.15) is 5.56 Å². The van der Waals surface area contributed by atoms with Crippen molar-refractivity contribution in [1.29, 1.82) is 0 Å². The lowest BCUT2D eigenvalue weighted by atomic mass is 10.2. The Morgan fingerprint density at radius 3 is 3.07 bits per heavy atom. The molecule has 1 aromatic heterocycles. The molecule has 0 fully saturated rings. The number of aliphatic carboxylic acids is 1. The molecule has 2 aromatic rings. The number of halogens is 1. The second-order valence-corrected chi connectivity index (χ2v) is 3.54. The molecule has 5 heteroatoms. The third-order valence-corrected chi connectivity index (χ3v) is 2.14. The molecule has 15 heavy (non-hydrogen) atoms. The Balaban J connectivity index is 2.42. The number of oxazole rings is 1. The first-order valence-corrected chi connectivity index (χ1v) is 4.91. The largest absolute Gasteiger partial charge is 0.478 e. The normalized spacial score (nSPS) is 11.3. The summed E-state index contributed by atoms with van der Waals surface area (Å²) in [5.74, 6) is -0.978. The molecule has 0 unspecified atom stereocenters. The highest BCUT2D eigenvalue weighted by Crippen LogP contribution is 2.20. The standard InChI is InChI=1S/C10H6BrNO3/c11-10-12-7-3-1-6(2-4-9(13)14)5-8(7)15-10/h1-5H,(H,13,14)/b4-2+. The van der Waals surface area contributed by atoms with E-state index in [-0.39, 0.29) is 0 Å². The number of fused-ring (bicyclic) bond motifs is 1. The molecule has 0 bridgehead atoms. The highest BCUT2D eigenvalue weighted by molar-refractivity contribution is 9.10. The Bertz CT molecular complexity index is 545. The monoisotopic (exact) mass is 267 g/mol. The molecule has 0 amide bonds. The van der Waals surface area contributed by atoms with Gasteiger partial charge in [-0.2, -0.15) is 0 Å². The summed E-state index contributed by atoms with van der Waals surface area (Å²) in [6, 6.07) is 5.27. The van der Waals surface area contributed by atoms with Crippen molar-refractivity contribution in [2.75, 3.05) is 0 Å². The lowest BCUT2D eigenvalue weighted by Gasteiger charge is -1.90. The zero-order valence-electron chi connectivity index (χ0n) is 7.48. The molecule has 0 spiro atoms. The van der Waals surface area contributed by atoms with Crippen LogP contribution in [0.4, 0.5) is 0 Å². The van der Waals surface area contributed by atoms with Crippen LogP contribution < -0.4 is 0 Å². The molecular weight excluding hydrogens is 262 g/mol. The van der Waals surface area contributed by atoms with E-state index in [1.54, 1.807) is 18.2 Å². The minimum atomic E-state index is -0.978. The highest BCUT2D eigenvalue weighted by Gasteiger charge is 2.02. The molecule has 1 heterocycles. The fourth-order valence-corrected chi connectivity index (χ4v) is 1.55. The van der Waals surface area contributed by atoms with Crippen LogP contribution in [0, 0.1) is 0 Å². The Kier molecular flexibility index (Phi) is 2.55. The molecule has 76 valence electrons. The van der Waals surface area contributed by atoms with E-state index < -0.39 is 5.97 Å². The molecule has 2 rings (SSSR count). The van der Waals surface area contributed by atoms with Crippen molar-refractivity contribution in [3.8, 4) is 0 Å². The number of aromatic nitrogens is 1. The molecule has 4 nitrogen and oxygen atoms in total. The van der Waals surface area contributed by atoms with Crippen molar-refractivity contribution in [2.24, 2.45) is 0 Å². The molecule has 0 saturated carbocycles. The maximum Gasteiger partial charge on any atom is 0.328 e. The average Bonchev–Trinajstić information content (AvgIpc) is 2.53. The molecule has 1 N–H and O–H groups in total. The Hall–Kier alpha value is -1.62. The predicted octanol–water partition coefficient (Wildman–Crippen LogP) is 2.69. The van der Waals surface area contributed by atoms with Gasteiger partial charge >= 0.3 is 5.97 Å². The van der Waals surface area contributed by atoms with E-state index in [0.717, 1.165) is 17.2 Å². The summed E-state index contributed by atoms with van der Waals surface area (Å²) in [4.78, 5) is 14.8. The summed E-state index contributed by atoms with van der Waals surface area (Å²) < 4.78 is 5.24. The second-order valence-electron chi connectivity index (χ2n) is 2.87. The maximum atomic E-state index is 10.3. The number of carboxylic acids is 1. The smallest absolute Gasteiger partial charge is 0.328 e. The number of benzene rings is 1. The van der Waals surface area contributed by atoms with E-state index in [2.05, 4.69) is 20.9 Å². The van der Waals surface area contributed by atoms with Crippen molar-refractivity contribution in [3.05, 3.63) is 34.6 Å². The highest BCUT2D eigenvalue weighted by atomic mass is 79.9. The average molecular weight is 268 g/mol. The van der Waals surface area contributed by atoms with Gasteiger partial charge < -0.3 is 9.52 Å². The van der Waals surface area contributed by atoms with Crippen LogP contribution >= 0.6 is 15.9 Å². The van der Waals surface area contributed by atoms with Crippen LogP contribution in [0.3, 0.4) is 0 Å². The third kappa shape index (κ3) is 2.24. The first kappa shape index (κ1) is 9.92. The zero-order valence-corrected chi connectivity index (χ0v) is 9.06. The molecular formula is C10H6BrNO3. The van der Waals surface area contributed by atoms with E-state index >= 15 is 0 Å². The van der Waals surface area contributed by atoms with Gasteiger partial charge in [-0.15, -0.1) is 0 Å². The topological polar surface area (TPSA) is 63.3 Å². The van der Waals surface area contributed by atoms with Crippen LogP contribution in [0.2, 0.25) is 0 Å². The lowest BCUT2D eigenvalue weighted by Crippen LogP contribution is -1.85. The quantitative estimate of drug-likeness (QED) is 0.850. The van der Waals surface area contributed by atoms with E-state index in [4.69, 9.17) is 9.52 Å². The summed E-state index contributed by atoms with van der Waals surface area (Å²) in [6.07, 6.45) is 2.57. The minimum Gasteiger partial charge on any atom is -0.478 e. The van der Waals surface area contributed by atoms with Crippen LogP contribution in [0.5, 0.6) is 0 Å². The summed E-state index contributed by atoms with van der Waals surface area (Å²) in [7, 11) is 0. The van der Waals surface area contributed by atoms with Crippen LogP contribution in [-0.4, -0.2) is 16.1 Å². The van der Waals surface area contributed by atoms with Gasteiger partial charge in [-0.3, -0.25) is 0 Å². The van der Waals surface area contributed by atoms with Crippen LogP contribution in [0.25, 0.3) is 17.2 Å². The van der Waals surface area contributed by atoms with Crippen LogP contribution in [0.15, 0.2) is 33.5 Å². The van der Waals surface area contributed by atoms with Gasteiger partial charge in [0.05, 0.1) is 0 Å². The summed E-state index contributed by atoms with van der Waals surface area (Å²) in [5.41, 5.74) is 2.11. The summed E-state index contributed by atoms with van der Waals surface area (Å²) >= 11 is 3.12. The number of rotatable bonds is 2. The number of hydrogen-bond acceptors (Lipinski definition) is 3. The molecule has 0 aliphatic heterocycles. The molecule has 0 saturated heterocycles. The fourth-order valence-electron chi connectivity index (χ4n) is 1.18. The van der Waals surface area contributed by atoms with E-state index in [1.165, 1.54) is 6.08 Å². The fraction of sp³-hybridized carbons (Fsp3) is 0. The van der Waals surface area contributed by atoms with Gasteiger partial charge in [0.25, 0.3) is 4.80 Å². The van der Waals surface area contributed by atoms with Gasteiger partial charge in [-0.1, -0.05) is 6.07 Å². The van der Waals surface area contributed by atoms with Crippen molar-refractivity contribution < 1.29 is 14.3 Å². The number of hydrogen-bond donors (Lipinski definition) is 1. The maximum absolute atomic E-state index is 10.3. The second kappa shape index (κ2) is 3.86. The van der Waals surface area contributed by atoms with Crippen molar-refractivity contribution >= 4 is 39.1 Å². The first-order valence-electron chi connectivity index (χ1n) is 4.12. The third-order valence-electron chi connectivity index (χ3n) is 1.80. The molecule has 0 aliphatic rings. The van der Waals surface area contributed by atoms with Crippen molar-refractivity contribution in [1.82, 2.24) is 4.98 Å². The van der Waals surface area contributed by atoms with E-state index in [1.807, 2.05) is 0 Å². The minimum absolute atomic E-state index is 0.414. The van der Waals surface area contributed by atoms with Crippen molar-refractivity contribution in [3.63, 3.8) is 0 Å². The van der Waals surface area contributed by atoms with Crippen molar-refractivity contribution in [2.45, 2.75) is 0 Å². The zero-order chi connectivity index (χ0) is 10.8. The number of carbonyl (C=O) groups is 1. The Morgan fingerprint density at radius 1 is 1.53 bits per heavy atom. The van der Waals surface area contributed by atoms with E-state index in [0.29, 0.717) is 10.4 Å². The van der Waals surface area contributed by atoms with Gasteiger partial charge in [0.2, 0.25) is 0 Å². The van der Waals surface area contributed by atoms with Gasteiger partial charge in [0, 0.05) is 22.0 Å².